The summed E-state index contributed by atoms with van der Waals surface area (Å²) < 4.78 is 26.1. The van der Waals surface area contributed by atoms with Crippen LogP contribution in [0.2, 0.25) is 5.28 Å². The zero-order valence-corrected chi connectivity index (χ0v) is 54.6. The van der Waals surface area contributed by atoms with E-state index >= 15 is 0 Å². The largest absolute Gasteiger partial charge is 0.493 e. The summed E-state index contributed by atoms with van der Waals surface area (Å²) in [5.74, 6) is 1.80. The lowest BCUT2D eigenvalue weighted by Gasteiger charge is -2.32. The molecule has 0 aliphatic rings. The molecule has 0 aliphatic carbocycles. The fourth-order valence-electron chi connectivity index (χ4n) is 8.58. The second-order valence-electron chi connectivity index (χ2n) is 23.0. The number of nitrogens with one attached hydrogen (secondary N) is 9. The van der Waals surface area contributed by atoms with E-state index in [2.05, 4.69) is 175 Å². The summed E-state index contributed by atoms with van der Waals surface area (Å²) in [6, 6.07) is 5.14. The first-order chi connectivity index (χ1) is 39.9. The van der Waals surface area contributed by atoms with E-state index < -0.39 is 6.03 Å². The Hall–Kier alpha value is -5.61. The molecule has 28 heteroatoms. The molecule has 0 radical (unpaired) electrons. The molecule has 0 aliphatic heterocycles. The smallest absolute Gasteiger partial charge is 0.341 e. The van der Waals surface area contributed by atoms with Crippen molar-refractivity contribution in [1.29, 1.82) is 0 Å². The molecular weight excluding hydrogens is 1190 g/mol. The van der Waals surface area contributed by atoms with E-state index in [1.54, 1.807) is 0 Å². The number of urea groups is 3. The van der Waals surface area contributed by atoms with Gasteiger partial charge in [-0.2, -0.15) is 15.0 Å². The number of unbranched alkanes of at least 4 members (excludes halogenated alkanes) is 9. The Bertz CT molecular complexity index is 2420. The van der Waals surface area contributed by atoms with Gasteiger partial charge >= 0.3 is 36.1 Å². The van der Waals surface area contributed by atoms with Crippen LogP contribution in [0.4, 0.5) is 32.4 Å². The quantitative estimate of drug-likeness (QED) is 0.00862. The third-order valence-corrected chi connectivity index (χ3v) is 13.5. The Labute approximate surface area is 514 Å². The van der Waals surface area contributed by atoms with Crippen LogP contribution in [0, 0.1) is 36.5 Å². The van der Waals surface area contributed by atoms with Crippen molar-refractivity contribution in [2.45, 2.75) is 197 Å². The van der Waals surface area contributed by atoms with Crippen LogP contribution in [0.3, 0.4) is 0 Å². The molecule has 0 saturated carbocycles. The summed E-state index contributed by atoms with van der Waals surface area (Å²) in [5.41, 5.74) is 17.7. The van der Waals surface area contributed by atoms with Crippen LogP contribution in [0.15, 0.2) is 53.1 Å². The lowest BCUT2D eigenvalue weighted by Crippen LogP contribution is -2.47. The normalized spacial score (nSPS) is 12.3. The van der Waals surface area contributed by atoms with Crippen molar-refractivity contribution in [3.8, 4) is 5.75 Å². The number of amides is 6. The minimum absolute atomic E-state index is 0.0192. The van der Waals surface area contributed by atoms with E-state index in [1.165, 1.54) is 81.5 Å². The van der Waals surface area contributed by atoms with Crippen LogP contribution in [-0.2, 0) is 9.62 Å². The fourth-order valence-corrected chi connectivity index (χ4v) is 9.58. The predicted molar refractivity (Wildman–Crippen MR) is 332 cm³/mol. The van der Waals surface area contributed by atoms with Gasteiger partial charge in [0, 0.05) is 38.8 Å². The first-order valence-corrected chi connectivity index (χ1v) is 31.1. The molecule has 0 bridgehead atoms. The number of halogens is 2. The summed E-state index contributed by atoms with van der Waals surface area (Å²) in [4.78, 5) is 52.0. The Morgan fingerprint density at radius 2 is 1.25 bits per heavy atom. The molecule has 3 unspecified atom stereocenters. The highest BCUT2D eigenvalue weighted by Crippen LogP contribution is 2.31. The second-order valence-corrected chi connectivity index (χ2v) is 25.2. The number of thioether (sulfide) groups is 1. The highest BCUT2D eigenvalue weighted by atomic mass is 79.9. The van der Waals surface area contributed by atoms with Crippen LogP contribution >= 0.6 is 39.3 Å². The van der Waals surface area contributed by atoms with Gasteiger partial charge in [-0.25, -0.2) is 51.8 Å². The molecule has 0 saturated heterocycles. The van der Waals surface area contributed by atoms with E-state index in [1.807, 2.05) is 26.0 Å². The van der Waals surface area contributed by atoms with Crippen LogP contribution in [0.25, 0.3) is 0 Å². The Morgan fingerprint density at radius 1 is 0.702 bits per heavy atom. The molecular formula is C56H97BrClN15O10S. The van der Waals surface area contributed by atoms with E-state index in [0.717, 1.165) is 50.0 Å². The number of nitrogens with zero attached hydrogens (tertiary/aromatic N) is 6. The molecule has 4 rings (SSSR count). The summed E-state index contributed by atoms with van der Waals surface area (Å²) in [6.07, 6.45) is 19.3. The maximum absolute atomic E-state index is 12.4. The monoisotopic (exact) mass is 1290 g/mol. The number of hydrogen-bond donors (Lipinski definition) is 10. The van der Waals surface area contributed by atoms with Crippen molar-refractivity contribution in [3.63, 3.8) is 0 Å². The third kappa shape index (κ3) is 39.1. The minimum Gasteiger partial charge on any atom is -0.493 e. The van der Waals surface area contributed by atoms with E-state index in [4.69, 9.17) is 39.9 Å². The average Bonchev–Trinajstić information content (AvgIpc) is 4.21. The zero-order valence-electron chi connectivity index (χ0n) is 51.4. The molecule has 0 spiro atoms. The van der Waals surface area contributed by atoms with Gasteiger partial charge in [0.25, 0.3) is 5.28 Å². The molecule has 1 aromatic carbocycles. The molecule has 3 aromatic heterocycles. The summed E-state index contributed by atoms with van der Waals surface area (Å²) >= 11 is 9.81. The Balaban J connectivity index is 0.000000430. The van der Waals surface area contributed by atoms with Gasteiger partial charge in [-0.1, -0.05) is 156 Å². The topological polar surface area (TPSA) is 324 Å². The number of carbonyl (C=O) groups excluding carboxylic acids is 3. The first kappa shape index (κ1) is 74.5. The molecule has 3 heterocycles. The molecule has 25 nitrogen and oxygen atoms in total. The van der Waals surface area contributed by atoms with Crippen molar-refractivity contribution in [2.24, 2.45) is 22.7 Å². The number of aryl methyl sites for hydroxylation is 2. The van der Waals surface area contributed by atoms with Crippen molar-refractivity contribution < 1.29 is 47.6 Å². The first-order valence-electron chi connectivity index (χ1n) is 29.1. The van der Waals surface area contributed by atoms with Crippen molar-refractivity contribution in [2.75, 3.05) is 55.8 Å². The van der Waals surface area contributed by atoms with Crippen LogP contribution in [0.5, 0.6) is 5.75 Å². The SMILES string of the molecule is C=C(CCOO)Sc1noc(NNC(=O)NCCCOc2ccc(C)cc2C)n1.CC(CCC(NC(=O)NNc1nc(Cl)no1)C(C)CC(C)(C)C)CC(C)(C)C.CCCCCCCCCCCCOCCCNC(=O)NNc1nc(Br)no1. The lowest BCUT2D eigenvalue weighted by molar-refractivity contribution is -0.240. The van der Waals surface area contributed by atoms with E-state index in [0.29, 0.717) is 71.2 Å². The van der Waals surface area contributed by atoms with E-state index in [9.17, 15) is 14.4 Å². The molecule has 10 N–H and O–H groups in total. The molecule has 6 amide bonds. The summed E-state index contributed by atoms with van der Waals surface area (Å²) in [6.45, 7) is 31.1. The van der Waals surface area contributed by atoms with Crippen molar-refractivity contribution >= 4 is 75.4 Å². The number of benzene rings is 1. The fraction of sp³-hybridized carbons (Fsp3) is 0.696. The maximum atomic E-state index is 12.4. The summed E-state index contributed by atoms with van der Waals surface area (Å²) in [7, 11) is 0. The molecule has 0 fully saturated rings. The lowest BCUT2D eigenvalue weighted by atomic mass is 9.79. The highest BCUT2D eigenvalue weighted by Gasteiger charge is 2.26. The molecule has 3 atom stereocenters. The van der Waals surface area contributed by atoms with Gasteiger partial charge in [0.05, 0.1) is 13.2 Å². The molecule has 476 valence electrons. The van der Waals surface area contributed by atoms with Gasteiger partial charge in [-0.15, -0.1) is 0 Å². The van der Waals surface area contributed by atoms with Gasteiger partial charge < -0.3 is 39.0 Å². The number of hydrogen-bond acceptors (Lipinski definition) is 20. The van der Waals surface area contributed by atoms with Gasteiger partial charge in [-0.05, 0) is 141 Å². The van der Waals surface area contributed by atoms with E-state index in [-0.39, 0.29) is 53.5 Å². The zero-order chi connectivity index (χ0) is 62.2. The molecule has 84 heavy (non-hydrogen) atoms. The maximum Gasteiger partial charge on any atom is 0.341 e. The number of aromatic nitrogens is 6. The number of rotatable bonds is 38. The number of ether oxygens (including phenoxy) is 2. The average molecular weight is 1290 g/mol. The predicted octanol–water partition coefficient (Wildman–Crippen LogP) is 13.7. The second kappa shape index (κ2) is 43.1. The van der Waals surface area contributed by atoms with Crippen LogP contribution in [0.1, 0.15) is 183 Å². The standard InChI is InChI=1S/C20H38ClN5O2.C18H34BrN5O3.C18H25N5O5S/c1-13(11-19(3,4)5)9-10-15(14(2)12-20(6,7)8)22-17(27)24-25-18-23-16(21)26-28-18;1-2-3-4-5-6-7-8-9-10-11-14-26-15-12-13-20-17(25)22-23-18-21-16(19)24-27-18;1-12-5-6-15(13(2)11-12)26-9-4-8-19-16(24)21-22-17-20-18(23-28-17)29-14(3)7-10-27-25/h13-15H,9-12H2,1-8H3,(H2,22,24,27)(H,23,25,26);2-15H2,1H3,(H2,20,22,25)(H,21,23,24);5-6,11,25H,3-4,7-10H2,1-2H3,(H2,19,21,24)(H,20,22,23). The van der Waals surface area contributed by atoms with Crippen LogP contribution in [-0.4, -0.2) is 99.3 Å². The van der Waals surface area contributed by atoms with Crippen LogP contribution < -0.4 is 53.2 Å². The van der Waals surface area contributed by atoms with Crippen molar-refractivity contribution in [1.82, 2.24) is 62.6 Å². The Morgan fingerprint density at radius 3 is 1.81 bits per heavy atom. The van der Waals surface area contributed by atoms with Gasteiger partial charge in [0.1, 0.15) is 5.75 Å². The third-order valence-electron chi connectivity index (χ3n) is 12.2. The van der Waals surface area contributed by atoms with Crippen molar-refractivity contribution in [3.05, 3.63) is 50.8 Å². The number of carbonyl (C=O) groups is 3. The van der Waals surface area contributed by atoms with Gasteiger partial charge in [0.15, 0.2) is 0 Å². The Kier molecular flexibility index (Phi) is 38.2. The highest BCUT2D eigenvalue weighted by molar-refractivity contribution is 9.10. The molecule has 4 aromatic rings. The number of anilines is 3. The van der Waals surface area contributed by atoms with Gasteiger partial charge in [-0.3, -0.25) is 5.26 Å². The minimum atomic E-state index is -0.437. The number of hydrazine groups is 3. The van der Waals surface area contributed by atoms with Gasteiger partial charge in [0.2, 0.25) is 9.89 Å². The summed E-state index contributed by atoms with van der Waals surface area (Å²) in [5, 5.41) is 27.8.